The number of aromatic amines is 1. The summed E-state index contributed by atoms with van der Waals surface area (Å²) in [5.41, 5.74) is 0.353. The number of nitrogens with zero attached hydrogens (tertiary/aromatic N) is 1. The minimum Gasteiger partial charge on any atom is -0.301 e. The van der Waals surface area contributed by atoms with Gasteiger partial charge in [-0.3, -0.25) is 4.79 Å². The highest BCUT2D eigenvalue weighted by atomic mass is 32.2. The summed E-state index contributed by atoms with van der Waals surface area (Å²) in [6, 6.07) is 4.64. The van der Waals surface area contributed by atoms with Crippen LogP contribution in [0, 0.1) is 11.6 Å². The van der Waals surface area contributed by atoms with E-state index in [-0.39, 0.29) is 5.56 Å². The van der Waals surface area contributed by atoms with E-state index in [1.54, 1.807) is 6.26 Å². The van der Waals surface area contributed by atoms with Gasteiger partial charge in [0.2, 0.25) is 0 Å². The molecule has 0 spiro atoms. The SMILES string of the molecule is CSc1nc(-c2ccc(F)c(F)c2)cc(=O)[nH]1. The van der Waals surface area contributed by atoms with Crippen LogP contribution in [0.3, 0.4) is 0 Å². The topological polar surface area (TPSA) is 45.8 Å². The molecule has 6 heteroatoms. The molecule has 0 unspecified atom stereocenters. The predicted molar refractivity (Wildman–Crippen MR) is 62.0 cm³/mol. The number of benzene rings is 1. The van der Waals surface area contributed by atoms with Crippen molar-refractivity contribution in [2.45, 2.75) is 5.16 Å². The molecule has 0 radical (unpaired) electrons. The zero-order valence-corrected chi connectivity index (χ0v) is 9.65. The van der Waals surface area contributed by atoms with Crippen molar-refractivity contribution < 1.29 is 8.78 Å². The van der Waals surface area contributed by atoms with E-state index in [9.17, 15) is 13.6 Å². The largest absolute Gasteiger partial charge is 0.301 e. The summed E-state index contributed by atoms with van der Waals surface area (Å²) < 4.78 is 25.8. The average molecular weight is 254 g/mol. The van der Waals surface area contributed by atoms with Crippen LogP contribution in [-0.4, -0.2) is 16.2 Å². The molecule has 88 valence electrons. The Kier molecular flexibility index (Phi) is 3.23. The minimum atomic E-state index is -0.963. The van der Waals surface area contributed by atoms with Gasteiger partial charge >= 0.3 is 0 Å². The van der Waals surface area contributed by atoms with Gasteiger partial charge in [-0.05, 0) is 24.5 Å². The first-order chi connectivity index (χ1) is 8.10. The zero-order valence-electron chi connectivity index (χ0n) is 8.83. The maximum atomic E-state index is 13.1. The van der Waals surface area contributed by atoms with Crippen molar-refractivity contribution in [3.63, 3.8) is 0 Å². The lowest BCUT2D eigenvalue weighted by molar-refractivity contribution is 0.509. The van der Waals surface area contributed by atoms with Crippen LogP contribution in [-0.2, 0) is 0 Å². The van der Waals surface area contributed by atoms with Gasteiger partial charge < -0.3 is 4.98 Å². The second-order valence-electron chi connectivity index (χ2n) is 3.27. The number of halogens is 2. The van der Waals surface area contributed by atoms with Gasteiger partial charge in [-0.2, -0.15) is 0 Å². The molecule has 17 heavy (non-hydrogen) atoms. The van der Waals surface area contributed by atoms with Gasteiger partial charge in [0.1, 0.15) is 0 Å². The van der Waals surface area contributed by atoms with Crippen LogP contribution in [0.4, 0.5) is 8.78 Å². The summed E-state index contributed by atoms with van der Waals surface area (Å²) >= 11 is 1.26. The fraction of sp³-hybridized carbons (Fsp3) is 0.0909. The first-order valence-corrected chi connectivity index (χ1v) is 5.93. The Balaban J connectivity index is 2.55. The van der Waals surface area contributed by atoms with Crippen molar-refractivity contribution in [2.75, 3.05) is 6.26 Å². The number of aromatic nitrogens is 2. The molecule has 2 rings (SSSR count). The highest BCUT2D eigenvalue weighted by Crippen LogP contribution is 2.19. The lowest BCUT2D eigenvalue weighted by atomic mass is 10.1. The Hall–Kier alpha value is -1.69. The van der Waals surface area contributed by atoms with Gasteiger partial charge in [0.25, 0.3) is 5.56 Å². The third-order valence-corrected chi connectivity index (χ3v) is 2.71. The first kappa shape index (κ1) is 11.8. The molecule has 0 aliphatic heterocycles. The molecule has 0 fully saturated rings. The van der Waals surface area contributed by atoms with Crippen molar-refractivity contribution in [1.82, 2.24) is 9.97 Å². The van der Waals surface area contributed by atoms with E-state index in [0.29, 0.717) is 16.4 Å². The van der Waals surface area contributed by atoms with Crippen LogP contribution in [0.2, 0.25) is 0 Å². The second kappa shape index (κ2) is 4.67. The average Bonchev–Trinajstić information content (AvgIpc) is 2.32. The normalized spacial score (nSPS) is 10.5. The van der Waals surface area contributed by atoms with Gasteiger partial charge in [-0.1, -0.05) is 11.8 Å². The second-order valence-corrected chi connectivity index (χ2v) is 4.06. The van der Waals surface area contributed by atoms with Crippen LogP contribution in [0.1, 0.15) is 0 Å². The van der Waals surface area contributed by atoms with E-state index < -0.39 is 11.6 Å². The summed E-state index contributed by atoms with van der Waals surface area (Å²) in [4.78, 5) is 18.0. The number of nitrogens with one attached hydrogen (secondary N) is 1. The van der Waals surface area contributed by atoms with E-state index in [2.05, 4.69) is 9.97 Å². The monoisotopic (exact) mass is 254 g/mol. The molecule has 0 bridgehead atoms. The highest BCUT2D eigenvalue weighted by Gasteiger charge is 2.07. The maximum Gasteiger partial charge on any atom is 0.252 e. The summed E-state index contributed by atoms with van der Waals surface area (Å²) in [5, 5.41) is 0.428. The Labute approximate surface area is 99.9 Å². The lowest BCUT2D eigenvalue weighted by Gasteiger charge is -2.03. The van der Waals surface area contributed by atoms with Crippen molar-refractivity contribution in [3.05, 3.63) is 46.3 Å². The van der Waals surface area contributed by atoms with Gasteiger partial charge in [-0.15, -0.1) is 0 Å². The number of H-pyrrole nitrogens is 1. The van der Waals surface area contributed by atoms with E-state index in [4.69, 9.17) is 0 Å². The van der Waals surface area contributed by atoms with Gasteiger partial charge in [-0.25, -0.2) is 13.8 Å². The molecule has 0 aliphatic carbocycles. The number of hydrogen-bond acceptors (Lipinski definition) is 3. The molecule has 1 aromatic carbocycles. The highest BCUT2D eigenvalue weighted by molar-refractivity contribution is 7.98. The number of thioether (sulfide) groups is 1. The van der Waals surface area contributed by atoms with Crippen molar-refractivity contribution in [3.8, 4) is 11.3 Å². The van der Waals surface area contributed by atoms with E-state index in [1.165, 1.54) is 23.9 Å². The fourth-order valence-corrected chi connectivity index (χ4v) is 1.73. The number of rotatable bonds is 2. The fourth-order valence-electron chi connectivity index (χ4n) is 1.34. The summed E-state index contributed by atoms with van der Waals surface area (Å²) in [7, 11) is 0. The van der Waals surface area contributed by atoms with Gasteiger partial charge in [0.15, 0.2) is 16.8 Å². The van der Waals surface area contributed by atoms with Crippen molar-refractivity contribution in [1.29, 1.82) is 0 Å². The van der Waals surface area contributed by atoms with E-state index >= 15 is 0 Å². The molecule has 0 saturated carbocycles. The summed E-state index contributed by atoms with van der Waals surface area (Å²) in [6.45, 7) is 0. The molecule has 3 nitrogen and oxygen atoms in total. The Morgan fingerprint density at radius 3 is 2.65 bits per heavy atom. The Morgan fingerprint density at radius 1 is 1.24 bits per heavy atom. The van der Waals surface area contributed by atoms with Gasteiger partial charge in [0, 0.05) is 11.6 Å². The maximum absolute atomic E-state index is 13.1. The zero-order chi connectivity index (χ0) is 12.4. The van der Waals surface area contributed by atoms with E-state index in [0.717, 1.165) is 12.1 Å². The summed E-state index contributed by atoms with van der Waals surface area (Å²) in [5.74, 6) is -1.89. The Morgan fingerprint density at radius 2 is 2.00 bits per heavy atom. The van der Waals surface area contributed by atoms with Crippen LogP contribution in [0.5, 0.6) is 0 Å². The van der Waals surface area contributed by atoms with Gasteiger partial charge in [0.05, 0.1) is 5.69 Å². The summed E-state index contributed by atoms with van der Waals surface area (Å²) in [6.07, 6.45) is 1.76. The smallest absolute Gasteiger partial charge is 0.252 e. The van der Waals surface area contributed by atoms with Crippen molar-refractivity contribution >= 4 is 11.8 Å². The molecular weight excluding hydrogens is 246 g/mol. The van der Waals surface area contributed by atoms with Crippen molar-refractivity contribution in [2.24, 2.45) is 0 Å². The molecule has 1 heterocycles. The quantitative estimate of drug-likeness (QED) is 0.661. The third kappa shape index (κ3) is 2.52. The van der Waals surface area contributed by atoms with Crippen LogP contribution in [0.25, 0.3) is 11.3 Å². The molecule has 0 atom stereocenters. The minimum absolute atomic E-state index is 0.317. The molecule has 1 N–H and O–H groups in total. The third-order valence-electron chi connectivity index (χ3n) is 2.13. The predicted octanol–water partition coefficient (Wildman–Crippen LogP) is 2.44. The molecule has 1 aromatic heterocycles. The van der Waals surface area contributed by atoms with E-state index in [1.807, 2.05) is 0 Å². The molecule has 0 saturated heterocycles. The standard InChI is InChI=1S/C11H8F2N2OS/c1-17-11-14-9(5-10(16)15-11)6-2-3-7(12)8(13)4-6/h2-5H,1H3,(H,14,15,16). The Bertz CT molecular complexity index is 613. The lowest BCUT2D eigenvalue weighted by Crippen LogP contribution is -2.07. The van der Waals surface area contributed by atoms with Crippen LogP contribution < -0.4 is 5.56 Å². The molecule has 0 aliphatic rings. The molecule has 0 amide bonds. The van der Waals surface area contributed by atoms with Crippen LogP contribution in [0.15, 0.2) is 34.2 Å². The van der Waals surface area contributed by atoms with Crippen LogP contribution >= 0.6 is 11.8 Å². The molecular formula is C11H8F2N2OS. The first-order valence-electron chi connectivity index (χ1n) is 4.71. The molecule has 2 aromatic rings. The number of hydrogen-bond donors (Lipinski definition) is 1.